The van der Waals surface area contributed by atoms with E-state index < -0.39 is 54.1 Å². The first-order valence-corrected chi connectivity index (χ1v) is 16.6. The zero-order valence-corrected chi connectivity index (χ0v) is 28.0. The van der Waals surface area contributed by atoms with Gasteiger partial charge in [-0.1, -0.05) is 56.3 Å². The van der Waals surface area contributed by atoms with Crippen LogP contribution >= 0.6 is 0 Å². The molecule has 0 unspecified atom stereocenters. The molecule has 3 atom stereocenters. The molecular weight excluding hydrogens is 616 g/mol. The average Bonchev–Trinajstić information content (AvgIpc) is 3.08. The molecule has 1 fully saturated rings. The number of carbonyl (C=O) groups is 5. The van der Waals surface area contributed by atoms with E-state index >= 15 is 0 Å². The molecule has 2 heterocycles. The van der Waals surface area contributed by atoms with Gasteiger partial charge in [0, 0.05) is 26.2 Å². The van der Waals surface area contributed by atoms with E-state index in [0.717, 1.165) is 25.2 Å². The van der Waals surface area contributed by atoms with Crippen molar-refractivity contribution in [2.45, 2.75) is 58.3 Å². The van der Waals surface area contributed by atoms with Crippen LogP contribution in [0.2, 0.25) is 0 Å². The molecule has 0 saturated carbocycles. The van der Waals surface area contributed by atoms with Gasteiger partial charge in [-0.3, -0.25) is 28.9 Å². The number of nitrogens with one attached hydrogen (secondary N) is 4. The number of amides is 5. The minimum atomic E-state index is -1.23. The average molecular weight is 665 g/mol. The third-order valence-corrected chi connectivity index (χ3v) is 8.23. The van der Waals surface area contributed by atoms with Crippen molar-refractivity contribution in [3.8, 4) is 5.75 Å². The van der Waals surface area contributed by atoms with Crippen molar-refractivity contribution in [2.24, 2.45) is 5.92 Å². The first-order chi connectivity index (χ1) is 23.1. The van der Waals surface area contributed by atoms with Gasteiger partial charge in [-0.2, -0.15) is 0 Å². The Kier molecular flexibility index (Phi) is 13.8. The fourth-order valence-electron chi connectivity index (χ4n) is 5.54. The van der Waals surface area contributed by atoms with Gasteiger partial charge in [0.2, 0.25) is 23.6 Å². The highest BCUT2D eigenvalue weighted by Crippen LogP contribution is 2.19. The van der Waals surface area contributed by atoms with E-state index in [2.05, 4.69) is 26.2 Å². The summed E-state index contributed by atoms with van der Waals surface area (Å²) in [7, 11) is 0. The van der Waals surface area contributed by atoms with E-state index in [4.69, 9.17) is 9.47 Å². The van der Waals surface area contributed by atoms with Crippen molar-refractivity contribution >= 4 is 29.5 Å². The van der Waals surface area contributed by atoms with Gasteiger partial charge in [0.1, 0.15) is 24.4 Å². The van der Waals surface area contributed by atoms with E-state index in [1.54, 1.807) is 31.2 Å². The molecule has 2 aromatic carbocycles. The maximum atomic E-state index is 13.9. The molecule has 48 heavy (non-hydrogen) atoms. The lowest BCUT2D eigenvalue weighted by molar-refractivity contribution is -0.139. The number of morpholine rings is 1. The zero-order chi connectivity index (χ0) is 34.5. The normalized spacial score (nSPS) is 22.1. The molecule has 4 N–H and O–H groups in total. The van der Waals surface area contributed by atoms with E-state index in [0.29, 0.717) is 26.2 Å². The zero-order valence-electron chi connectivity index (χ0n) is 28.0. The Labute approximate surface area is 282 Å². The van der Waals surface area contributed by atoms with Gasteiger partial charge < -0.3 is 35.6 Å². The maximum Gasteiger partial charge on any atom is 0.255 e. The number of benzene rings is 2. The Morgan fingerprint density at radius 1 is 0.958 bits per heavy atom. The second-order valence-corrected chi connectivity index (χ2v) is 12.6. The maximum absolute atomic E-state index is 13.9. The number of carbonyl (C=O) groups excluding carboxylic acids is 5. The number of rotatable bonds is 8. The first kappa shape index (κ1) is 36.3. The van der Waals surface area contributed by atoms with E-state index in [-0.39, 0.29) is 36.9 Å². The van der Waals surface area contributed by atoms with Gasteiger partial charge in [0.05, 0.1) is 37.8 Å². The number of para-hydroxylation sites is 1. The van der Waals surface area contributed by atoms with Crippen LogP contribution in [0.15, 0.2) is 54.6 Å². The van der Waals surface area contributed by atoms with Crippen LogP contribution in [-0.4, -0.2) is 110 Å². The quantitative estimate of drug-likeness (QED) is 0.306. The number of hydrogen-bond donors (Lipinski definition) is 4. The summed E-state index contributed by atoms with van der Waals surface area (Å²) in [5.74, 6) is -2.53. The van der Waals surface area contributed by atoms with Crippen LogP contribution in [0.1, 0.15) is 49.5 Å². The minimum absolute atomic E-state index is 0.0468. The molecule has 13 nitrogen and oxygen atoms in total. The van der Waals surface area contributed by atoms with Gasteiger partial charge in [-0.15, -0.1) is 0 Å². The Hall–Kier alpha value is -4.49. The molecular formula is C35H48N6O7. The van der Waals surface area contributed by atoms with E-state index in [1.165, 1.54) is 4.90 Å². The highest BCUT2D eigenvalue weighted by atomic mass is 16.5. The predicted molar refractivity (Wildman–Crippen MR) is 179 cm³/mol. The number of ether oxygens (including phenoxy) is 2. The predicted octanol–water partition coefficient (Wildman–Crippen LogP) is 1.08. The molecule has 2 aliphatic heterocycles. The van der Waals surface area contributed by atoms with Crippen LogP contribution in [0.3, 0.4) is 0 Å². The van der Waals surface area contributed by atoms with Crippen LogP contribution in [0.5, 0.6) is 5.75 Å². The highest BCUT2D eigenvalue weighted by molar-refractivity contribution is 6.01. The van der Waals surface area contributed by atoms with Crippen molar-refractivity contribution in [1.82, 2.24) is 31.1 Å². The van der Waals surface area contributed by atoms with E-state index in [9.17, 15) is 24.0 Å². The van der Waals surface area contributed by atoms with Crippen molar-refractivity contribution in [1.29, 1.82) is 0 Å². The van der Waals surface area contributed by atoms with Gasteiger partial charge >= 0.3 is 0 Å². The lowest BCUT2D eigenvalue weighted by atomic mass is 10.0. The summed E-state index contributed by atoms with van der Waals surface area (Å²) in [5, 5.41) is 11.3. The molecule has 1 saturated heterocycles. The fourth-order valence-corrected chi connectivity index (χ4v) is 5.54. The van der Waals surface area contributed by atoms with Crippen molar-refractivity contribution < 1.29 is 33.4 Å². The molecule has 260 valence electrons. The van der Waals surface area contributed by atoms with Crippen LogP contribution in [0.25, 0.3) is 0 Å². The third kappa shape index (κ3) is 11.1. The number of fused-ring (bicyclic) bond motifs is 1. The van der Waals surface area contributed by atoms with Crippen LogP contribution in [0, 0.1) is 5.92 Å². The van der Waals surface area contributed by atoms with Gasteiger partial charge in [0.25, 0.3) is 5.91 Å². The molecule has 0 aliphatic carbocycles. The van der Waals surface area contributed by atoms with Gasteiger partial charge in [-0.25, -0.2) is 0 Å². The fraction of sp³-hybridized carbons (Fsp3) is 0.514. The molecule has 2 aromatic rings. The molecule has 0 bridgehead atoms. The Morgan fingerprint density at radius 2 is 1.67 bits per heavy atom. The first-order valence-electron chi connectivity index (χ1n) is 16.6. The smallest absolute Gasteiger partial charge is 0.255 e. The molecule has 0 spiro atoms. The van der Waals surface area contributed by atoms with Crippen LogP contribution in [0.4, 0.5) is 0 Å². The Balaban J connectivity index is 1.60. The second kappa shape index (κ2) is 18.2. The second-order valence-electron chi connectivity index (χ2n) is 12.6. The molecule has 0 aromatic heterocycles. The van der Waals surface area contributed by atoms with E-state index in [1.807, 2.05) is 44.2 Å². The van der Waals surface area contributed by atoms with Crippen molar-refractivity contribution in [3.63, 3.8) is 0 Å². The summed E-state index contributed by atoms with van der Waals surface area (Å²) in [6, 6.07) is 13.2. The lowest BCUT2D eigenvalue weighted by Crippen LogP contribution is -2.54. The summed E-state index contributed by atoms with van der Waals surface area (Å²) < 4.78 is 11.3. The molecule has 0 radical (unpaired) electrons. The summed E-state index contributed by atoms with van der Waals surface area (Å²) in [5.41, 5.74) is 0.951. The summed E-state index contributed by atoms with van der Waals surface area (Å²) >= 11 is 0. The topological polar surface area (TPSA) is 158 Å². The van der Waals surface area contributed by atoms with Crippen LogP contribution < -0.4 is 26.0 Å². The summed E-state index contributed by atoms with van der Waals surface area (Å²) in [6.07, 6.45) is 0.286. The van der Waals surface area contributed by atoms with Crippen molar-refractivity contribution in [2.75, 3.05) is 52.5 Å². The molecule has 13 heteroatoms. The Bertz CT molecular complexity index is 1400. The summed E-state index contributed by atoms with van der Waals surface area (Å²) in [6.45, 7) is 9.30. The highest BCUT2D eigenvalue weighted by Gasteiger charge is 2.31. The SMILES string of the molecule is CC(C)[C@H]1NC(=O)CN(Cc2ccccc2)C(=O)C[C@@H](C(=O)NCCCN2CCOCC2)NC(=O)c2ccccc2OC[C@H](C)NC1=O. The number of nitrogens with zero attached hydrogens (tertiary/aromatic N) is 2. The van der Waals surface area contributed by atoms with Gasteiger partial charge in [0.15, 0.2) is 0 Å². The molecule has 5 amide bonds. The Morgan fingerprint density at radius 3 is 2.40 bits per heavy atom. The largest absolute Gasteiger partial charge is 0.491 e. The molecule has 4 rings (SSSR count). The third-order valence-electron chi connectivity index (χ3n) is 8.23. The van der Waals surface area contributed by atoms with Crippen molar-refractivity contribution in [3.05, 3.63) is 65.7 Å². The van der Waals surface area contributed by atoms with Gasteiger partial charge in [-0.05, 0) is 43.5 Å². The monoisotopic (exact) mass is 664 g/mol. The lowest BCUT2D eigenvalue weighted by Gasteiger charge is -2.28. The van der Waals surface area contributed by atoms with Crippen LogP contribution in [-0.2, 0) is 30.5 Å². The standard InChI is InChI=1S/C35H48N6O7/c1-24(2)32-35(46)37-25(3)23-48-29-13-8-7-12-27(29)33(44)38-28(34(45)36-14-9-15-40-16-18-47-19-17-40)20-31(43)41(22-30(42)39-32)21-26-10-5-4-6-11-26/h4-8,10-13,24-25,28,32H,9,14-23H2,1-3H3,(H,36,45)(H,37,46)(H,38,44)(H,39,42)/t25-,28-,32+/m0/s1. The summed E-state index contributed by atoms with van der Waals surface area (Å²) in [4.78, 5) is 71.3. The number of hydrogen-bond acceptors (Lipinski definition) is 8. The minimum Gasteiger partial charge on any atom is -0.491 e. The molecule has 2 aliphatic rings.